The number of H-pyrrole nitrogens is 1. The summed E-state index contributed by atoms with van der Waals surface area (Å²) in [5, 5.41) is 11.3. The van der Waals surface area contributed by atoms with Crippen LogP contribution in [-0.2, 0) is 0 Å². The van der Waals surface area contributed by atoms with Gasteiger partial charge < -0.3 is 13.9 Å². The van der Waals surface area contributed by atoms with Gasteiger partial charge >= 0.3 is 0 Å². The molecule has 2 heterocycles. The molecule has 0 bridgehead atoms. The fraction of sp³-hybridized carbons (Fsp3) is 0.278. The van der Waals surface area contributed by atoms with E-state index in [1.165, 1.54) is 4.68 Å². The maximum Gasteiger partial charge on any atom is 0.219 e. The molecule has 0 unspecified atom stereocenters. The zero-order valence-corrected chi connectivity index (χ0v) is 15.5. The molecule has 0 spiro atoms. The molecule has 0 aliphatic carbocycles. The first-order valence-corrected chi connectivity index (χ1v) is 8.70. The summed E-state index contributed by atoms with van der Waals surface area (Å²) < 4.78 is 18.4. The molecular formula is C18H20N4O3S. The Morgan fingerprint density at radius 3 is 2.96 bits per heavy atom. The van der Waals surface area contributed by atoms with Crippen molar-refractivity contribution in [1.82, 2.24) is 14.9 Å². The number of methoxy groups -OCH3 is 1. The Kier molecular flexibility index (Phi) is 5.85. The van der Waals surface area contributed by atoms with Crippen LogP contribution in [0.5, 0.6) is 11.5 Å². The molecule has 0 aliphatic rings. The molecule has 0 aliphatic heterocycles. The van der Waals surface area contributed by atoms with Gasteiger partial charge in [-0.2, -0.15) is 9.78 Å². The van der Waals surface area contributed by atoms with Gasteiger partial charge in [-0.05, 0) is 54.5 Å². The third-order valence-electron chi connectivity index (χ3n) is 3.66. The predicted octanol–water partition coefficient (Wildman–Crippen LogP) is 4.27. The number of aromatic nitrogens is 3. The number of ether oxygens (including phenoxy) is 2. The predicted molar refractivity (Wildman–Crippen MR) is 102 cm³/mol. The number of nitrogens with one attached hydrogen (secondary N) is 1. The Morgan fingerprint density at radius 1 is 1.35 bits per heavy atom. The van der Waals surface area contributed by atoms with E-state index in [4.69, 9.17) is 26.1 Å². The molecule has 2 aromatic heterocycles. The molecule has 7 nitrogen and oxygen atoms in total. The number of unbranched alkanes of at least 4 members (excludes halogenated alkanes) is 1. The van der Waals surface area contributed by atoms with Gasteiger partial charge in [-0.25, -0.2) is 5.10 Å². The van der Waals surface area contributed by atoms with Gasteiger partial charge in [0.05, 0.1) is 26.2 Å². The first-order valence-electron chi connectivity index (χ1n) is 8.29. The topological polar surface area (TPSA) is 77.6 Å². The maximum atomic E-state index is 5.80. The number of aromatic amines is 1. The Balaban J connectivity index is 1.86. The van der Waals surface area contributed by atoms with E-state index in [0.717, 1.165) is 18.4 Å². The summed E-state index contributed by atoms with van der Waals surface area (Å²) in [6, 6.07) is 9.21. The van der Waals surface area contributed by atoms with Crippen LogP contribution < -0.4 is 9.47 Å². The standard InChI is InChI=1S/C18H20N4O3S/c1-3-4-9-25-16-11-13(7-8-14(16)23-2)12-19-22-17(20-21-18(22)26)15-6-5-10-24-15/h5-8,10-12H,3-4,9H2,1-2H3,(H,21,26)/b19-12-. The van der Waals surface area contributed by atoms with Gasteiger partial charge in [0.15, 0.2) is 17.3 Å². The van der Waals surface area contributed by atoms with Gasteiger partial charge in [-0.3, -0.25) is 0 Å². The summed E-state index contributed by atoms with van der Waals surface area (Å²) in [5.74, 6) is 2.46. The van der Waals surface area contributed by atoms with Crippen LogP contribution in [0.2, 0.25) is 0 Å². The second-order valence-corrected chi connectivity index (χ2v) is 5.89. The lowest BCUT2D eigenvalue weighted by Gasteiger charge is -2.10. The highest BCUT2D eigenvalue weighted by molar-refractivity contribution is 7.71. The number of benzene rings is 1. The molecule has 0 radical (unpaired) electrons. The zero-order valence-electron chi connectivity index (χ0n) is 14.6. The summed E-state index contributed by atoms with van der Waals surface area (Å²) in [6.07, 6.45) is 5.31. The highest BCUT2D eigenvalue weighted by Crippen LogP contribution is 2.28. The number of hydrogen-bond acceptors (Lipinski definition) is 6. The van der Waals surface area contributed by atoms with E-state index in [-0.39, 0.29) is 0 Å². The van der Waals surface area contributed by atoms with Crippen LogP contribution >= 0.6 is 12.2 Å². The minimum atomic E-state index is 0.376. The zero-order chi connectivity index (χ0) is 18.4. The van der Waals surface area contributed by atoms with Crippen LogP contribution in [0.3, 0.4) is 0 Å². The molecule has 26 heavy (non-hydrogen) atoms. The summed E-state index contributed by atoms with van der Waals surface area (Å²) in [6.45, 7) is 2.76. The molecule has 3 rings (SSSR count). The van der Waals surface area contributed by atoms with Crippen molar-refractivity contribution >= 4 is 18.4 Å². The summed E-state index contributed by atoms with van der Waals surface area (Å²) in [7, 11) is 1.62. The van der Waals surface area contributed by atoms with Crippen LogP contribution in [-0.4, -0.2) is 34.8 Å². The summed E-state index contributed by atoms with van der Waals surface area (Å²) in [4.78, 5) is 0. The lowest BCUT2D eigenvalue weighted by molar-refractivity contribution is 0.288. The fourth-order valence-corrected chi connectivity index (χ4v) is 2.48. The quantitative estimate of drug-likeness (QED) is 0.363. The molecule has 3 aromatic rings. The molecule has 0 atom stereocenters. The van der Waals surface area contributed by atoms with Crippen LogP contribution in [0.1, 0.15) is 25.3 Å². The van der Waals surface area contributed by atoms with E-state index >= 15 is 0 Å². The third kappa shape index (κ3) is 4.02. The van der Waals surface area contributed by atoms with E-state index in [9.17, 15) is 0 Å². The lowest BCUT2D eigenvalue weighted by atomic mass is 10.2. The molecule has 0 saturated carbocycles. The molecule has 1 N–H and O–H groups in total. The van der Waals surface area contributed by atoms with Crippen molar-refractivity contribution in [2.45, 2.75) is 19.8 Å². The average Bonchev–Trinajstić information content (AvgIpc) is 3.30. The maximum absolute atomic E-state index is 5.80. The van der Waals surface area contributed by atoms with Gasteiger partial charge in [-0.1, -0.05) is 13.3 Å². The summed E-state index contributed by atoms with van der Waals surface area (Å²) in [5.41, 5.74) is 0.853. The molecule has 136 valence electrons. The van der Waals surface area contributed by atoms with Crippen molar-refractivity contribution in [3.63, 3.8) is 0 Å². The highest BCUT2D eigenvalue weighted by Gasteiger charge is 2.10. The van der Waals surface area contributed by atoms with E-state index in [2.05, 4.69) is 22.2 Å². The van der Waals surface area contributed by atoms with Gasteiger partial charge in [0.1, 0.15) is 0 Å². The first-order chi connectivity index (χ1) is 12.7. The third-order valence-corrected chi connectivity index (χ3v) is 3.92. The second-order valence-electron chi connectivity index (χ2n) is 5.50. The van der Waals surface area contributed by atoms with Crippen molar-refractivity contribution in [2.75, 3.05) is 13.7 Å². The highest BCUT2D eigenvalue weighted by atomic mass is 32.1. The Labute approximate surface area is 156 Å². The normalized spacial score (nSPS) is 11.2. The van der Waals surface area contributed by atoms with Gasteiger partial charge in [0, 0.05) is 0 Å². The van der Waals surface area contributed by atoms with Crippen LogP contribution in [0, 0.1) is 4.77 Å². The number of nitrogens with zero attached hydrogens (tertiary/aromatic N) is 3. The molecule has 0 fully saturated rings. The second kappa shape index (κ2) is 8.48. The van der Waals surface area contributed by atoms with Crippen molar-refractivity contribution < 1.29 is 13.9 Å². The smallest absolute Gasteiger partial charge is 0.219 e. The van der Waals surface area contributed by atoms with Crippen LogP contribution in [0.4, 0.5) is 0 Å². The van der Waals surface area contributed by atoms with Gasteiger partial charge in [0.25, 0.3) is 0 Å². The van der Waals surface area contributed by atoms with Gasteiger partial charge in [0.2, 0.25) is 10.6 Å². The molecule has 1 aromatic carbocycles. The van der Waals surface area contributed by atoms with Crippen molar-refractivity contribution in [3.8, 4) is 23.1 Å². The Hall–Kier alpha value is -2.87. The lowest BCUT2D eigenvalue weighted by Crippen LogP contribution is -2.00. The van der Waals surface area contributed by atoms with Crippen LogP contribution in [0.15, 0.2) is 46.1 Å². The van der Waals surface area contributed by atoms with Gasteiger partial charge in [-0.15, -0.1) is 5.10 Å². The summed E-state index contributed by atoms with van der Waals surface area (Å²) >= 11 is 5.24. The van der Waals surface area contributed by atoms with Crippen molar-refractivity contribution in [1.29, 1.82) is 0 Å². The largest absolute Gasteiger partial charge is 0.493 e. The Bertz CT molecular complexity index is 928. The monoisotopic (exact) mass is 372 g/mol. The number of hydrogen-bond donors (Lipinski definition) is 1. The van der Waals surface area contributed by atoms with Crippen LogP contribution in [0.25, 0.3) is 11.6 Å². The van der Waals surface area contributed by atoms with Crippen molar-refractivity contribution in [2.24, 2.45) is 5.10 Å². The van der Waals surface area contributed by atoms with E-state index in [1.54, 1.807) is 31.7 Å². The molecule has 0 saturated heterocycles. The van der Waals surface area contributed by atoms with E-state index in [0.29, 0.717) is 34.5 Å². The number of rotatable bonds is 8. The number of furan rings is 1. The molecule has 0 amide bonds. The van der Waals surface area contributed by atoms with E-state index < -0.39 is 0 Å². The Morgan fingerprint density at radius 2 is 2.23 bits per heavy atom. The average molecular weight is 372 g/mol. The SMILES string of the molecule is CCCCOc1cc(/C=N\n2c(-c3ccco3)n[nH]c2=S)ccc1OC. The minimum absolute atomic E-state index is 0.376. The van der Waals surface area contributed by atoms with E-state index in [1.807, 2.05) is 18.2 Å². The molecule has 8 heteroatoms. The fourth-order valence-electron chi connectivity index (χ4n) is 2.30. The molecular weight excluding hydrogens is 352 g/mol. The van der Waals surface area contributed by atoms with Crippen molar-refractivity contribution in [3.05, 3.63) is 46.9 Å². The minimum Gasteiger partial charge on any atom is -0.493 e. The first kappa shape index (κ1) is 17.9.